The summed E-state index contributed by atoms with van der Waals surface area (Å²) < 4.78 is 0.907. The van der Waals surface area contributed by atoms with E-state index in [4.69, 9.17) is 0 Å². The van der Waals surface area contributed by atoms with E-state index in [1.807, 2.05) is 48.5 Å². The van der Waals surface area contributed by atoms with Gasteiger partial charge in [0, 0.05) is 9.86 Å². The Bertz CT molecular complexity index is 1440. The van der Waals surface area contributed by atoms with Crippen molar-refractivity contribution in [2.75, 3.05) is 0 Å². The molecule has 130 valence electrons. The monoisotopic (exact) mass is 418 g/mol. The van der Waals surface area contributed by atoms with Crippen molar-refractivity contribution in [2.24, 2.45) is 0 Å². The first kappa shape index (κ1) is 16.0. The molecule has 0 atom stereocenters. The largest absolute Gasteiger partial charge is 0.478 e. The summed E-state index contributed by atoms with van der Waals surface area (Å²) in [6.07, 6.45) is 0. The van der Waals surface area contributed by atoms with Gasteiger partial charge >= 0.3 is 11.9 Å². The fourth-order valence-electron chi connectivity index (χ4n) is 4.15. The van der Waals surface area contributed by atoms with Crippen molar-refractivity contribution in [3.05, 3.63) is 70.2 Å². The first-order chi connectivity index (χ1) is 13.0. The number of fused-ring (bicyclic) bond motifs is 2. The molecule has 0 radical (unpaired) electrons. The van der Waals surface area contributed by atoms with Crippen LogP contribution < -0.4 is 0 Å². The molecule has 0 fully saturated rings. The summed E-state index contributed by atoms with van der Waals surface area (Å²) in [6, 6.07) is 16.8. The van der Waals surface area contributed by atoms with Crippen molar-refractivity contribution in [3.8, 4) is 0 Å². The molecule has 2 N–H and O–H groups in total. The van der Waals surface area contributed by atoms with Gasteiger partial charge < -0.3 is 10.2 Å². The Labute approximate surface area is 161 Å². The Kier molecular flexibility index (Phi) is 3.21. The molecule has 0 bridgehead atoms. The smallest absolute Gasteiger partial charge is 0.337 e. The molecule has 0 aliphatic rings. The SMILES string of the molecule is O=C(O)c1cc2cccc3c4ccc(Br)c5cccc(c(c1C(=O)O)c23)c54. The second kappa shape index (κ2) is 5.41. The third-order valence-corrected chi connectivity index (χ3v) is 5.85. The molecule has 0 aliphatic carbocycles. The lowest BCUT2D eigenvalue weighted by Crippen LogP contribution is -2.09. The zero-order valence-electron chi connectivity index (χ0n) is 13.8. The van der Waals surface area contributed by atoms with Crippen LogP contribution in [-0.2, 0) is 0 Å². The number of aromatic carboxylic acids is 2. The lowest BCUT2D eigenvalue weighted by Gasteiger charge is -2.17. The molecule has 4 nitrogen and oxygen atoms in total. The second-order valence-electron chi connectivity index (χ2n) is 6.51. The van der Waals surface area contributed by atoms with Crippen molar-refractivity contribution in [3.63, 3.8) is 0 Å². The van der Waals surface area contributed by atoms with Crippen LogP contribution in [0.1, 0.15) is 20.7 Å². The van der Waals surface area contributed by atoms with Crippen LogP contribution in [0.5, 0.6) is 0 Å². The maximum absolute atomic E-state index is 12.1. The van der Waals surface area contributed by atoms with Crippen molar-refractivity contribution in [2.45, 2.75) is 0 Å². The summed E-state index contributed by atoms with van der Waals surface area (Å²) in [5.41, 5.74) is -0.363. The standard InChI is InChI=1S/C22H11BrO4/c23-16-8-7-12-11-4-1-3-10-9-15(21(24)25)20(22(26)27)19(17(10)11)14-6-2-5-13(16)18(12)14/h1-9H,(H,24,25)(H,26,27). The molecule has 5 rings (SSSR count). The van der Waals surface area contributed by atoms with Gasteiger partial charge in [0.2, 0.25) is 0 Å². The number of rotatable bonds is 2. The Morgan fingerprint density at radius 2 is 1.37 bits per heavy atom. The van der Waals surface area contributed by atoms with E-state index in [-0.39, 0.29) is 11.1 Å². The van der Waals surface area contributed by atoms with Crippen molar-refractivity contribution in [1.82, 2.24) is 0 Å². The van der Waals surface area contributed by atoms with Crippen LogP contribution in [-0.4, -0.2) is 22.2 Å². The highest BCUT2D eigenvalue weighted by molar-refractivity contribution is 9.10. The summed E-state index contributed by atoms with van der Waals surface area (Å²) in [6.45, 7) is 0. The minimum Gasteiger partial charge on any atom is -0.478 e. The van der Waals surface area contributed by atoms with Crippen LogP contribution in [0.3, 0.4) is 0 Å². The zero-order valence-corrected chi connectivity index (χ0v) is 15.4. The summed E-state index contributed by atoms with van der Waals surface area (Å²) in [4.78, 5) is 23.9. The van der Waals surface area contributed by atoms with E-state index in [1.165, 1.54) is 6.07 Å². The topological polar surface area (TPSA) is 74.6 Å². The molecule has 0 spiro atoms. The number of carboxylic acids is 2. The van der Waals surface area contributed by atoms with Crippen molar-refractivity contribution < 1.29 is 19.8 Å². The van der Waals surface area contributed by atoms with E-state index in [9.17, 15) is 19.8 Å². The molecular formula is C22H11BrO4. The second-order valence-corrected chi connectivity index (χ2v) is 7.37. The fraction of sp³-hybridized carbons (Fsp3) is 0. The van der Waals surface area contributed by atoms with E-state index < -0.39 is 11.9 Å². The molecule has 0 unspecified atom stereocenters. The number of halogens is 1. The lowest BCUT2D eigenvalue weighted by atomic mass is 9.86. The number of carboxylic acid groups (broad SMARTS) is 2. The van der Waals surface area contributed by atoms with Gasteiger partial charge in [0.1, 0.15) is 0 Å². The van der Waals surface area contributed by atoms with E-state index >= 15 is 0 Å². The van der Waals surface area contributed by atoms with E-state index in [1.54, 1.807) is 0 Å². The number of hydrogen-bond donors (Lipinski definition) is 2. The number of benzene rings is 5. The molecule has 27 heavy (non-hydrogen) atoms. The minimum atomic E-state index is -1.25. The first-order valence-electron chi connectivity index (χ1n) is 8.27. The third kappa shape index (κ3) is 2.03. The maximum Gasteiger partial charge on any atom is 0.337 e. The molecule has 5 heteroatoms. The van der Waals surface area contributed by atoms with Gasteiger partial charge in [0.15, 0.2) is 0 Å². The quantitative estimate of drug-likeness (QED) is 0.276. The fourth-order valence-corrected chi connectivity index (χ4v) is 4.61. The van der Waals surface area contributed by atoms with Crippen LogP contribution in [0.25, 0.3) is 43.1 Å². The van der Waals surface area contributed by atoms with Gasteiger partial charge in [-0.25, -0.2) is 9.59 Å². The van der Waals surface area contributed by atoms with Gasteiger partial charge in [0.05, 0.1) is 11.1 Å². The summed E-state index contributed by atoms with van der Waals surface area (Å²) >= 11 is 3.57. The Balaban J connectivity index is 2.26. The lowest BCUT2D eigenvalue weighted by molar-refractivity contribution is 0.0653. The molecule has 0 heterocycles. The average Bonchev–Trinajstić information content (AvgIpc) is 2.66. The van der Waals surface area contributed by atoms with E-state index in [2.05, 4.69) is 15.9 Å². The predicted molar refractivity (Wildman–Crippen MR) is 109 cm³/mol. The Hall–Kier alpha value is -3.18. The summed E-state index contributed by atoms with van der Waals surface area (Å²) in [5, 5.41) is 26.1. The molecule has 5 aromatic rings. The molecule has 0 amide bonds. The van der Waals surface area contributed by atoms with Crippen molar-refractivity contribution in [1.29, 1.82) is 0 Å². The van der Waals surface area contributed by atoms with Crippen LogP contribution in [0.2, 0.25) is 0 Å². The van der Waals surface area contributed by atoms with Crippen LogP contribution in [0.4, 0.5) is 0 Å². The first-order valence-corrected chi connectivity index (χ1v) is 9.06. The highest BCUT2D eigenvalue weighted by atomic mass is 79.9. The predicted octanol–water partition coefficient (Wildman–Crippen LogP) is 5.90. The molecule has 0 saturated carbocycles. The number of carbonyl (C=O) groups is 2. The number of hydrogen-bond acceptors (Lipinski definition) is 2. The van der Waals surface area contributed by atoms with Gasteiger partial charge in [0.25, 0.3) is 0 Å². The van der Waals surface area contributed by atoms with Crippen molar-refractivity contribution >= 4 is 71.0 Å². The minimum absolute atomic E-state index is 0.166. The van der Waals surface area contributed by atoms with Gasteiger partial charge in [-0.05, 0) is 49.8 Å². The van der Waals surface area contributed by atoms with Gasteiger partial charge in [-0.2, -0.15) is 0 Å². The summed E-state index contributed by atoms with van der Waals surface area (Å²) in [7, 11) is 0. The van der Waals surface area contributed by atoms with Gasteiger partial charge in [-0.3, -0.25) is 0 Å². The van der Waals surface area contributed by atoms with E-state index in [0.717, 1.165) is 42.2 Å². The zero-order chi connectivity index (χ0) is 18.9. The third-order valence-electron chi connectivity index (χ3n) is 5.16. The van der Waals surface area contributed by atoms with Crippen LogP contribution >= 0.6 is 15.9 Å². The Morgan fingerprint density at radius 3 is 2.11 bits per heavy atom. The highest BCUT2D eigenvalue weighted by Crippen LogP contribution is 2.44. The average molecular weight is 419 g/mol. The Morgan fingerprint density at radius 1 is 0.704 bits per heavy atom. The normalized spacial score (nSPS) is 11.7. The molecular weight excluding hydrogens is 408 g/mol. The molecule has 0 saturated heterocycles. The summed E-state index contributed by atoms with van der Waals surface area (Å²) in [5.74, 6) is -2.49. The van der Waals surface area contributed by atoms with Crippen LogP contribution in [0.15, 0.2) is 59.1 Å². The van der Waals surface area contributed by atoms with Gasteiger partial charge in [-0.1, -0.05) is 58.4 Å². The molecule has 5 aromatic carbocycles. The van der Waals surface area contributed by atoms with E-state index in [0.29, 0.717) is 5.39 Å². The maximum atomic E-state index is 12.1. The van der Waals surface area contributed by atoms with Gasteiger partial charge in [-0.15, -0.1) is 0 Å². The molecule has 0 aliphatic heterocycles. The highest BCUT2D eigenvalue weighted by Gasteiger charge is 2.24. The van der Waals surface area contributed by atoms with Crippen LogP contribution in [0, 0.1) is 0 Å². The molecule has 0 aromatic heterocycles.